The summed E-state index contributed by atoms with van der Waals surface area (Å²) in [5.74, 6) is -0.295. The van der Waals surface area contributed by atoms with Gasteiger partial charge in [-0.25, -0.2) is 0 Å². The Bertz CT molecular complexity index is 1030. The average Bonchev–Trinajstić information content (AvgIpc) is 3.51. The van der Waals surface area contributed by atoms with Crippen LogP contribution >= 0.6 is 79.4 Å². The molecule has 12 heteroatoms. The molecule has 3 unspecified atom stereocenters. The Labute approximate surface area is 237 Å². The Balaban J connectivity index is 1.83. The monoisotopic (exact) mass is 814 g/mol. The molecule has 8 nitrogen and oxygen atoms in total. The summed E-state index contributed by atoms with van der Waals surface area (Å²) in [6, 6.07) is 0. The van der Waals surface area contributed by atoms with Crippen molar-refractivity contribution in [2.45, 2.75) is 32.8 Å². The lowest BCUT2D eigenvalue weighted by atomic mass is 9.91. The van der Waals surface area contributed by atoms with Crippen LogP contribution in [0.5, 0.6) is 0 Å². The first-order chi connectivity index (χ1) is 15.3. The highest BCUT2D eigenvalue weighted by Gasteiger charge is 2.55. The quantitative estimate of drug-likeness (QED) is 0.243. The predicted octanol–water partition coefficient (Wildman–Crippen LogP) is 4.17. The summed E-state index contributed by atoms with van der Waals surface area (Å²) in [5.41, 5.74) is 0.540. The van der Waals surface area contributed by atoms with E-state index in [1.807, 2.05) is 67.8 Å². The number of hydrogen-bond acceptors (Lipinski definition) is 6. The minimum Gasteiger partial charge on any atom is -0.456 e. The van der Waals surface area contributed by atoms with E-state index in [1.54, 1.807) is 0 Å². The molecule has 0 bridgehead atoms. The number of hydrogen-bond donors (Lipinski definition) is 2. The van der Waals surface area contributed by atoms with Gasteiger partial charge in [0.1, 0.15) is 0 Å². The van der Waals surface area contributed by atoms with Crippen LogP contribution in [0.15, 0.2) is 0 Å². The van der Waals surface area contributed by atoms with Gasteiger partial charge in [-0.1, -0.05) is 0 Å². The zero-order chi connectivity index (χ0) is 24.7. The number of nitrogens with one attached hydrogen (secondary N) is 2. The molecule has 1 saturated carbocycles. The third-order valence-electron chi connectivity index (χ3n) is 5.94. The Morgan fingerprint density at radius 1 is 1.12 bits per heavy atom. The minimum atomic E-state index is -0.742. The van der Waals surface area contributed by atoms with Crippen LogP contribution in [0.4, 0.5) is 5.69 Å². The van der Waals surface area contributed by atoms with Gasteiger partial charge in [-0.15, -0.1) is 0 Å². The van der Waals surface area contributed by atoms with E-state index in [1.165, 1.54) is 6.92 Å². The van der Waals surface area contributed by atoms with Crippen molar-refractivity contribution in [1.82, 2.24) is 5.32 Å². The average molecular weight is 815 g/mol. The van der Waals surface area contributed by atoms with Gasteiger partial charge >= 0.3 is 5.97 Å². The second kappa shape index (κ2) is 10.8. The van der Waals surface area contributed by atoms with E-state index in [4.69, 9.17) is 21.1 Å². The van der Waals surface area contributed by atoms with Crippen molar-refractivity contribution >= 4 is 108 Å². The van der Waals surface area contributed by atoms with E-state index in [9.17, 15) is 19.2 Å². The molecular formula is C21H22ClI3N2O6. The highest BCUT2D eigenvalue weighted by molar-refractivity contribution is 14.1. The molecular weight excluding hydrogens is 792 g/mol. The lowest BCUT2D eigenvalue weighted by molar-refractivity contribution is -0.144. The molecule has 0 radical (unpaired) electrons. The number of amides is 2. The molecule has 2 amide bonds. The van der Waals surface area contributed by atoms with Crippen molar-refractivity contribution in [2.24, 2.45) is 17.8 Å². The second-order valence-electron chi connectivity index (χ2n) is 8.56. The van der Waals surface area contributed by atoms with Crippen LogP contribution in [-0.2, 0) is 19.1 Å². The van der Waals surface area contributed by atoms with E-state index >= 15 is 0 Å². The van der Waals surface area contributed by atoms with Crippen molar-refractivity contribution < 1.29 is 28.7 Å². The fraction of sp³-hybridized carbons (Fsp3) is 0.524. The predicted molar refractivity (Wildman–Crippen MR) is 147 cm³/mol. The van der Waals surface area contributed by atoms with Gasteiger partial charge in [-0.05, 0) is 111 Å². The van der Waals surface area contributed by atoms with Gasteiger partial charge in [0, 0.05) is 23.0 Å². The van der Waals surface area contributed by atoms with Crippen LogP contribution in [0.1, 0.15) is 47.9 Å². The SMILES string of the molecule is CC(=O)OCC(=O)Nc1c(I)c(C(=O)Cl)c(I)c(C(=O)NCC2COC(C)(C)C3CC23)c1I. The highest BCUT2D eigenvalue weighted by Crippen LogP contribution is 2.55. The zero-order valence-corrected chi connectivity index (χ0v) is 25.3. The summed E-state index contributed by atoms with van der Waals surface area (Å²) < 4.78 is 12.0. The van der Waals surface area contributed by atoms with Gasteiger partial charge in [-0.3, -0.25) is 19.2 Å². The Kier molecular flexibility index (Phi) is 8.93. The van der Waals surface area contributed by atoms with Gasteiger partial charge in [0.15, 0.2) is 6.61 Å². The van der Waals surface area contributed by atoms with Gasteiger partial charge in [0.25, 0.3) is 17.1 Å². The van der Waals surface area contributed by atoms with Crippen molar-refractivity contribution in [3.8, 4) is 0 Å². The molecule has 2 fully saturated rings. The maximum Gasteiger partial charge on any atom is 0.303 e. The van der Waals surface area contributed by atoms with E-state index in [0.717, 1.165) is 6.42 Å². The molecule has 3 rings (SSSR count). The molecule has 1 saturated heterocycles. The number of carbonyl (C=O) groups excluding carboxylic acids is 4. The molecule has 1 aliphatic heterocycles. The lowest BCUT2D eigenvalue weighted by Gasteiger charge is -2.34. The van der Waals surface area contributed by atoms with E-state index in [-0.39, 0.29) is 34.2 Å². The van der Waals surface area contributed by atoms with Crippen LogP contribution < -0.4 is 10.6 Å². The third kappa shape index (κ3) is 6.12. The number of ether oxygens (including phenoxy) is 2. The third-order valence-corrected chi connectivity index (χ3v) is 9.37. The van der Waals surface area contributed by atoms with E-state index < -0.39 is 23.7 Å². The molecule has 1 aromatic carbocycles. The van der Waals surface area contributed by atoms with Crippen LogP contribution in [-0.4, -0.2) is 48.4 Å². The summed E-state index contributed by atoms with van der Waals surface area (Å²) in [7, 11) is 0. The first-order valence-corrected chi connectivity index (χ1v) is 13.7. The summed E-state index contributed by atoms with van der Waals surface area (Å²) in [6.45, 7) is 5.94. The van der Waals surface area contributed by atoms with Crippen LogP contribution in [0, 0.1) is 28.5 Å². The van der Waals surface area contributed by atoms with Crippen molar-refractivity contribution in [3.05, 3.63) is 21.8 Å². The van der Waals surface area contributed by atoms with Crippen molar-refractivity contribution in [2.75, 3.05) is 25.1 Å². The molecule has 1 aliphatic carbocycles. The summed E-state index contributed by atoms with van der Waals surface area (Å²) in [4.78, 5) is 48.6. The number of esters is 1. The number of rotatable bonds is 7. The molecule has 1 heterocycles. The summed E-state index contributed by atoms with van der Waals surface area (Å²) >= 11 is 11.6. The van der Waals surface area contributed by atoms with Crippen molar-refractivity contribution in [1.29, 1.82) is 0 Å². The number of fused-ring (bicyclic) bond motifs is 1. The smallest absolute Gasteiger partial charge is 0.303 e. The van der Waals surface area contributed by atoms with Gasteiger partial charge in [0.2, 0.25) is 0 Å². The Morgan fingerprint density at radius 2 is 1.76 bits per heavy atom. The van der Waals surface area contributed by atoms with E-state index in [0.29, 0.717) is 35.7 Å². The fourth-order valence-corrected chi connectivity index (χ4v) is 9.02. The topological polar surface area (TPSA) is 111 Å². The maximum atomic E-state index is 13.2. The number of benzene rings is 1. The first kappa shape index (κ1) is 27.3. The fourth-order valence-electron chi connectivity index (χ4n) is 4.10. The van der Waals surface area contributed by atoms with Crippen LogP contribution in [0.3, 0.4) is 0 Å². The molecule has 33 heavy (non-hydrogen) atoms. The standard InChI is InChI=1S/C21H22ClI3N2O6/c1-8(28)32-7-12(29)27-18-16(24)13(19(22)30)15(23)14(17(18)25)20(31)26-5-9-6-33-21(2,3)11-4-10(9)11/h9-11H,4-7H2,1-3H3,(H,26,31)(H,27,29). The lowest BCUT2D eigenvalue weighted by Crippen LogP contribution is -2.41. The molecule has 2 aliphatic rings. The van der Waals surface area contributed by atoms with Crippen molar-refractivity contribution in [3.63, 3.8) is 0 Å². The minimum absolute atomic E-state index is 0.124. The first-order valence-electron chi connectivity index (χ1n) is 10.1. The highest BCUT2D eigenvalue weighted by atomic mass is 127. The van der Waals surface area contributed by atoms with Gasteiger partial charge < -0.3 is 20.1 Å². The maximum absolute atomic E-state index is 13.2. The normalized spacial score (nSPS) is 22.7. The zero-order valence-electron chi connectivity index (χ0n) is 18.0. The number of carbonyl (C=O) groups is 4. The summed E-state index contributed by atoms with van der Waals surface area (Å²) in [6.07, 6.45) is 1.09. The molecule has 3 atom stereocenters. The molecule has 0 spiro atoms. The van der Waals surface area contributed by atoms with Crippen LogP contribution in [0.25, 0.3) is 0 Å². The molecule has 1 aromatic rings. The Hall–Kier alpha value is -0.260. The molecule has 180 valence electrons. The summed E-state index contributed by atoms with van der Waals surface area (Å²) in [5, 5.41) is 4.87. The van der Waals surface area contributed by atoms with Crippen LogP contribution in [0.2, 0.25) is 0 Å². The molecule has 0 aromatic heterocycles. The van der Waals surface area contributed by atoms with E-state index in [2.05, 4.69) is 24.5 Å². The van der Waals surface area contributed by atoms with Gasteiger partial charge in [-0.2, -0.15) is 0 Å². The Morgan fingerprint density at radius 3 is 2.36 bits per heavy atom. The largest absolute Gasteiger partial charge is 0.456 e. The molecule has 2 N–H and O–H groups in total. The second-order valence-corrected chi connectivity index (χ2v) is 12.1. The van der Waals surface area contributed by atoms with Gasteiger partial charge in [0.05, 0.1) is 36.2 Å². The number of anilines is 1. The number of halogens is 4.